The highest BCUT2D eigenvalue weighted by Crippen LogP contribution is 2.09. The molecule has 1 aromatic heterocycles. The Morgan fingerprint density at radius 3 is 2.91 bits per heavy atom. The first-order valence-electron chi connectivity index (χ1n) is 3.29. The zero-order chi connectivity index (χ0) is 8.10. The van der Waals surface area contributed by atoms with Gasteiger partial charge in [-0.1, -0.05) is 0 Å². The third-order valence-electron chi connectivity index (χ3n) is 1.15. The van der Waals surface area contributed by atoms with E-state index in [4.69, 9.17) is 0 Å². The number of rotatable bonds is 3. The number of pyridine rings is 1. The Bertz CT molecular complexity index is 212. The van der Waals surface area contributed by atoms with Gasteiger partial charge >= 0.3 is 0 Å². The molecule has 0 spiro atoms. The van der Waals surface area contributed by atoms with E-state index >= 15 is 0 Å². The van der Waals surface area contributed by atoms with Crippen LogP contribution >= 0.6 is 28.6 Å². The van der Waals surface area contributed by atoms with Gasteiger partial charge in [0.25, 0.3) is 0 Å². The van der Waals surface area contributed by atoms with Crippen LogP contribution in [0.1, 0.15) is 0 Å². The van der Waals surface area contributed by atoms with E-state index in [0.717, 1.165) is 22.6 Å². The molecule has 0 amide bonds. The standard InChI is InChI=1S/C7H9BrN2S/c8-6-1-2-7(10-5-6)9-3-4-11/h1-2,5,11H,3-4H2,(H,9,10). The molecule has 0 radical (unpaired) electrons. The number of nitrogens with one attached hydrogen (secondary N) is 1. The fourth-order valence-electron chi connectivity index (χ4n) is 0.664. The van der Waals surface area contributed by atoms with Gasteiger partial charge in [0.2, 0.25) is 0 Å². The van der Waals surface area contributed by atoms with Crippen LogP contribution in [0.5, 0.6) is 0 Å². The summed E-state index contributed by atoms with van der Waals surface area (Å²) in [5, 5.41) is 3.11. The molecule has 0 aliphatic carbocycles. The minimum absolute atomic E-state index is 0.817. The van der Waals surface area contributed by atoms with Crippen molar-refractivity contribution in [2.75, 3.05) is 17.6 Å². The molecule has 0 saturated heterocycles. The zero-order valence-corrected chi connectivity index (χ0v) is 8.40. The molecule has 2 nitrogen and oxygen atoms in total. The monoisotopic (exact) mass is 232 g/mol. The minimum atomic E-state index is 0.817. The molecule has 0 atom stereocenters. The summed E-state index contributed by atoms with van der Waals surface area (Å²) in [6.07, 6.45) is 1.76. The number of hydrogen-bond donors (Lipinski definition) is 2. The first kappa shape index (κ1) is 8.87. The maximum absolute atomic E-state index is 4.12. The largest absolute Gasteiger partial charge is 0.369 e. The highest BCUT2D eigenvalue weighted by atomic mass is 79.9. The SMILES string of the molecule is SCCNc1ccc(Br)cn1. The van der Waals surface area contributed by atoms with Gasteiger partial charge in [-0.15, -0.1) is 0 Å². The highest BCUT2D eigenvalue weighted by molar-refractivity contribution is 9.10. The Morgan fingerprint density at radius 2 is 2.36 bits per heavy atom. The van der Waals surface area contributed by atoms with Gasteiger partial charge in [-0.3, -0.25) is 0 Å². The number of nitrogens with zero attached hydrogens (tertiary/aromatic N) is 1. The van der Waals surface area contributed by atoms with Crippen molar-refractivity contribution in [2.45, 2.75) is 0 Å². The van der Waals surface area contributed by atoms with Crippen LogP contribution in [0.3, 0.4) is 0 Å². The summed E-state index contributed by atoms with van der Waals surface area (Å²) in [7, 11) is 0. The smallest absolute Gasteiger partial charge is 0.125 e. The molecule has 11 heavy (non-hydrogen) atoms. The van der Waals surface area contributed by atoms with Crippen LogP contribution in [0, 0.1) is 0 Å². The second-order valence-corrected chi connectivity index (χ2v) is 3.37. The van der Waals surface area contributed by atoms with E-state index in [1.807, 2.05) is 12.1 Å². The van der Waals surface area contributed by atoms with E-state index in [-0.39, 0.29) is 0 Å². The van der Waals surface area contributed by atoms with E-state index in [1.165, 1.54) is 0 Å². The molecule has 1 rings (SSSR count). The van der Waals surface area contributed by atoms with Gasteiger partial charge in [0.1, 0.15) is 5.82 Å². The summed E-state index contributed by atoms with van der Waals surface area (Å²) in [6, 6.07) is 3.88. The molecule has 0 unspecified atom stereocenters. The Balaban J connectivity index is 2.52. The summed E-state index contributed by atoms with van der Waals surface area (Å²) in [4.78, 5) is 4.12. The summed E-state index contributed by atoms with van der Waals surface area (Å²) >= 11 is 7.38. The highest BCUT2D eigenvalue weighted by Gasteiger charge is 1.90. The van der Waals surface area contributed by atoms with Crippen molar-refractivity contribution in [3.8, 4) is 0 Å². The Hall–Kier alpha value is -0.220. The summed E-state index contributed by atoms with van der Waals surface area (Å²) in [5.41, 5.74) is 0. The van der Waals surface area contributed by atoms with Gasteiger partial charge < -0.3 is 5.32 Å². The van der Waals surface area contributed by atoms with Gasteiger partial charge in [0, 0.05) is 23.0 Å². The predicted molar refractivity (Wildman–Crippen MR) is 54.3 cm³/mol. The van der Waals surface area contributed by atoms with Crippen LogP contribution in [0.2, 0.25) is 0 Å². The fraction of sp³-hybridized carbons (Fsp3) is 0.286. The van der Waals surface area contributed by atoms with Crippen molar-refractivity contribution < 1.29 is 0 Å². The minimum Gasteiger partial charge on any atom is -0.369 e. The number of halogens is 1. The van der Waals surface area contributed by atoms with Crippen LogP contribution in [0.25, 0.3) is 0 Å². The lowest BCUT2D eigenvalue weighted by molar-refractivity contribution is 1.17. The lowest BCUT2D eigenvalue weighted by Crippen LogP contribution is -2.03. The van der Waals surface area contributed by atoms with Crippen LogP contribution < -0.4 is 5.32 Å². The van der Waals surface area contributed by atoms with E-state index in [9.17, 15) is 0 Å². The molecular weight excluding hydrogens is 224 g/mol. The van der Waals surface area contributed by atoms with Crippen molar-refractivity contribution >= 4 is 34.4 Å². The molecule has 4 heteroatoms. The normalized spacial score (nSPS) is 9.64. The van der Waals surface area contributed by atoms with Gasteiger partial charge in [-0.2, -0.15) is 12.6 Å². The van der Waals surface area contributed by atoms with Crippen LogP contribution in [0.15, 0.2) is 22.8 Å². The maximum Gasteiger partial charge on any atom is 0.125 e. The molecule has 1 aromatic rings. The average Bonchev–Trinajstić information content (AvgIpc) is 2.04. The summed E-state index contributed by atoms with van der Waals surface area (Å²) in [6.45, 7) is 0.845. The Labute approximate surface area is 80.0 Å². The number of hydrogen-bond acceptors (Lipinski definition) is 3. The Morgan fingerprint density at radius 1 is 1.55 bits per heavy atom. The maximum atomic E-state index is 4.12. The molecule has 60 valence electrons. The van der Waals surface area contributed by atoms with E-state index in [2.05, 4.69) is 38.9 Å². The van der Waals surface area contributed by atoms with Gasteiger partial charge in [-0.05, 0) is 28.1 Å². The van der Waals surface area contributed by atoms with E-state index in [1.54, 1.807) is 6.20 Å². The molecule has 0 saturated carbocycles. The second kappa shape index (κ2) is 4.62. The molecule has 0 aliphatic heterocycles. The summed E-state index contributed by atoms with van der Waals surface area (Å²) in [5.74, 6) is 1.71. The lowest BCUT2D eigenvalue weighted by Gasteiger charge is -2.01. The Kier molecular flexibility index (Phi) is 3.72. The third-order valence-corrected chi connectivity index (χ3v) is 1.84. The first-order chi connectivity index (χ1) is 5.33. The van der Waals surface area contributed by atoms with Crippen molar-refractivity contribution in [2.24, 2.45) is 0 Å². The third kappa shape index (κ3) is 3.12. The van der Waals surface area contributed by atoms with Crippen molar-refractivity contribution in [1.29, 1.82) is 0 Å². The molecule has 0 aliphatic rings. The van der Waals surface area contributed by atoms with Gasteiger partial charge in [0.15, 0.2) is 0 Å². The molecule has 1 N–H and O–H groups in total. The predicted octanol–water partition coefficient (Wildman–Crippen LogP) is 2.19. The number of aromatic nitrogens is 1. The van der Waals surface area contributed by atoms with Crippen LogP contribution in [-0.2, 0) is 0 Å². The molecule has 0 fully saturated rings. The topological polar surface area (TPSA) is 24.9 Å². The molecular formula is C7H9BrN2S. The van der Waals surface area contributed by atoms with Crippen LogP contribution in [0.4, 0.5) is 5.82 Å². The fourth-order valence-corrected chi connectivity index (χ4v) is 1.01. The zero-order valence-electron chi connectivity index (χ0n) is 5.92. The van der Waals surface area contributed by atoms with Crippen molar-refractivity contribution in [1.82, 2.24) is 4.98 Å². The second-order valence-electron chi connectivity index (χ2n) is 2.01. The van der Waals surface area contributed by atoms with Crippen LogP contribution in [-0.4, -0.2) is 17.3 Å². The number of thiol groups is 1. The van der Waals surface area contributed by atoms with Gasteiger partial charge in [-0.25, -0.2) is 4.98 Å². The molecule has 0 bridgehead atoms. The molecule has 1 heterocycles. The average molecular weight is 233 g/mol. The molecule has 0 aromatic carbocycles. The quantitative estimate of drug-likeness (QED) is 0.782. The first-order valence-corrected chi connectivity index (χ1v) is 4.72. The van der Waals surface area contributed by atoms with Crippen molar-refractivity contribution in [3.63, 3.8) is 0 Å². The van der Waals surface area contributed by atoms with Crippen molar-refractivity contribution in [3.05, 3.63) is 22.8 Å². The number of anilines is 1. The van der Waals surface area contributed by atoms with Gasteiger partial charge in [0.05, 0.1) is 0 Å². The summed E-state index contributed by atoms with van der Waals surface area (Å²) < 4.78 is 0.994. The van der Waals surface area contributed by atoms with E-state index < -0.39 is 0 Å². The van der Waals surface area contributed by atoms with E-state index in [0.29, 0.717) is 0 Å². The lowest BCUT2D eigenvalue weighted by atomic mass is 10.4.